The van der Waals surface area contributed by atoms with Gasteiger partial charge in [-0.3, -0.25) is 9.69 Å². The summed E-state index contributed by atoms with van der Waals surface area (Å²) in [5, 5.41) is 9.74. The van der Waals surface area contributed by atoms with Crippen LogP contribution in [0.25, 0.3) is 0 Å². The van der Waals surface area contributed by atoms with Crippen LogP contribution >= 0.6 is 0 Å². The van der Waals surface area contributed by atoms with Crippen LogP contribution in [0, 0.1) is 5.92 Å². The number of piperidine rings is 1. The molecule has 1 aromatic rings. The average Bonchev–Trinajstić information content (AvgIpc) is 2.67. The van der Waals surface area contributed by atoms with Crippen molar-refractivity contribution in [3.05, 3.63) is 30.3 Å². The Morgan fingerprint density at radius 1 is 1.00 bits per heavy atom. The smallest absolute Gasteiger partial charge is 0.239 e. The molecule has 3 rings (SSSR count). The molecular weight excluding hydrogens is 314 g/mol. The lowest BCUT2D eigenvalue weighted by atomic mass is 9.91. The van der Waals surface area contributed by atoms with E-state index in [1.165, 1.54) is 5.69 Å². The molecule has 2 heterocycles. The van der Waals surface area contributed by atoms with Crippen LogP contribution in [0.3, 0.4) is 0 Å². The Kier molecular flexibility index (Phi) is 5.97. The number of likely N-dealkylation sites (tertiary alicyclic amines) is 1. The number of aliphatic hydroxyl groups is 1. The first-order valence-electron chi connectivity index (χ1n) is 9.57. The number of hydrogen-bond donors (Lipinski definition) is 1. The van der Waals surface area contributed by atoms with E-state index in [2.05, 4.69) is 34.1 Å². The standard InChI is InChI=1S/C20H31N3O2/c1-16(21-10-8-18(9-11-21)17(2)24)20(25)23-14-12-22(13-15-23)19-6-4-3-5-7-19/h3-7,16-18,24H,8-15H2,1-2H3. The van der Waals surface area contributed by atoms with E-state index in [0.29, 0.717) is 5.92 Å². The number of carbonyl (C=O) groups excluding carboxylic acids is 1. The van der Waals surface area contributed by atoms with Gasteiger partial charge < -0.3 is 14.9 Å². The molecule has 0 bridgehead atoms. The molecule has 0 spiro atoms. The van der Waals surface area contributed by atoms with Crippen molar-refractivity contribution in [2.45, 2.75) is 38.8 Å². The molecule has 2 aliphatic rings. The Hall–Kier alpha value is -1.59. The first-order chi connectivity index (χ1) is 12.1. The number of nitrogens with zero attached hydrogens (tertiary/aromatic N) is 3. The number of amides is 1. The van der Waals surface area contributed by atoms with Gasteiger partial charge in [0, 0.05) is 31.9 Å². The zero-order valence-corrected chi connectivity index (χ0v) is 15.5. The Bertz CT molecular complexity index is 547. The first-order valence-corrected chi connectivity index (χ1v) is 9.57. The highest BCUT2D eigenvalue weighted by Crippen LogP contribution is 2.23. The molecule has 2 fully saturated rings. The van der Waals surface area contributed by atoms with Gasteiger partial charge in [0.2, 0.25) is 5.91 Å². The molecule has 5 nitrogen and oxygen atoms in total. The molecule has 138 valence electrons. The number of anilines is 1. The normalized spacial score (nSPS) is 22.7. The van der Waals surface area contributed by atoms with Crippen LogP contribution in [-0.2, 0) is 4.79 Å². The van der Waals surface area contributed by atoms with Gasteiger partial charge in [0.25, 0.3) is 0 Å². The van der Waals surface area contributed by atoms with Crippen LogP contribution in [0.2, 0.25) is 0 Å². The van der Waals surface area contributed by atoms with Gasteiger partial charge >= 0.3 is 0 Å². The molecule has 2 aliphatic heterocycles. The van der Waals surface area contributed by atoms with Crippen molar-refractivity contribution in [2.75, 3.05) is 44.2 Å². The highest BCUT2D eigenvalue weighted by molar-refractivity contribution is 5.81. The second-order valence-corrected chi connectivity index (χ2v) is 7.44. The minimum atomic E-state index is -0.237. The Balaban J connectivity index is 1.49. The SMILES string of the molecule is CC(O)C1CCN(C(C)C(=O)N2CCN(c3ccccc3)CC2)CC1. The topological polar surface area (TPSA) is 47.0 Å². The average molecular weight is 345 g/mol. The summed E-state index contributed by atoms with van der Waals surface area (Å²) >= 11 is 0. The summed E-state index contributed by atoms with van der Waals surface area (Å²) < 4.78 is 0. The first kappa shape index (κ1) is 18.2. The lowest BCUT2D eigenvalue weighted by Gasteiger charge is -2.41. The molecular formula is C20H31N3O2. The van der Waals surface area contributed by atoms with Crippen molar-refractivity contribution in [3.8, 4) is 0 Å². The number of para-hydroxylation sites is 1. The number of benzene rings is 1. The Morgan fingerprint density at radius 3 is 2.16 bits per heavy atom. The molecule has 2 unspecified atom stereocenters. The van der Waals surface area contributed by atoms with Crippen LogP contribution in [0.5, 0.6) is 0 Å². The molecule has 0 aliphatic carbocycles. The van der Waals surface area contributed by atoms with Gasteiger partial charge in [-0.1, -0.05) is 18.2 Å². The lowest BCUT2D eigenvalue weighted by molar-refractivity contribution is -0.137. The monoisotopic (exact) mass is 345 g/mol. The van der Waals surface area contributed by atoms with Crippen molar-refractivity contribution in [1.29, 1.82) is 0 Å². The number of piperazine rings is 1. The van der Waals surface area contributed by atoms with E-state index in [1.807, 2.05) is 24.8 Å². The summed E-state index contributed by atoms with van der Waals surface area (Å²) in [6.45, 7) is 9.11. The summed E-state index contributed by atoms with van der Waals surface area (Å²) in [5.74, 6) is 0.635. The third-order valence-electron chi connectivity index (χ3n) is 5.87. The lowest BCUT2D eigenvalue weighted by Crippen LogP contribution is -2.55. The third kappa shape index (κ3) is 4.33. The summed E-state index contributed by atoms with van der Waals surface area (Å²) in [6.07, 6.45) is 1.73. The van der Waals surface area contributed by atoms with Crippen molar-refractivity contribution in [1.82, 2.24) is 9.80 Å². The van der Waals surface area contributed by atoms with Crippen LogP contribution in [0.4, 0.5) is 5.69 Å². The summed E-state index contributed by atoms with van der Waals surface area (Å²) in [6, 6.07) is 10.4. The molecule has 1 aromatic carbocycles. The predicted octanol–water partition coefficient (Wildman–Crippen LogP) is 1.82. The molecule has 5 heteroatoms. The molecule has 0 saturated carbocycles. The fourth-order valence-electron chi connectivity index (χ4n) is 4.03. The fourth-order valence-corrected chi connectivity index (χ4v) is 4.03. The molecule has 1 N–H and O–H groups in total. The molecule has 25 heavy (non-hydrogen) atoms. The molecule has 0 radical (unpaired) electrons. The second-order valence-electron chi connectivity index (χ2n) is 7.44. The van der Waals surface area contributed by atoms with Crippen LogP contribution in [0.15, 0.2) is 30.3 Å². The minimum absolute atomic E-state index is 0.0572. The van der Waals surface area contributed by atoms with Gasteiger partial charge in [-0.15, -0.1) is 0 Å². The summed E-state index contributed by atoms with van der Waals surface area (Å²) in [7, 11) is 0. The summed E-state index contributed by atoms with van der Waals surface area (Å²) in [5.41, 5.74) is 1.24. The zero-order chi connectivity index (χ0) is 17.8. The van der Waals surface area contributed by atoms with E-state index in [0.717, 1.165) is 52.1 Å². The maximum Gasteiger partial charge on any atom is 0.239 e. The van der Waals surface area contributed by atoms with E-state index in [4.69, 9.17) is 0 Å². The van der Waals surface area contributed by atoms with Crippen molar-refractivity contribution < 1.29 is 9.90 Å². The number of aliphatic hydroxyl groups excluding tert-OH is 1. The maximum atomic E-state index is 12.9. The molecule has 2 atom stereocenters. The highest BCUT2D eigenvalue weighted by Gasteiger charge is 2.31. The van der Waals surface area contributed by atoms with Crippen LogP contribution < -0.4 is 4.90 Å². The molecule has 1 amide bonds. The van der Waals surface area contributed by atoms with Gasteiger partial charge in [-0.25, -0.2) is 0 Å². The predicted molar refractivity (Wildman–Crippen MR) is 101 cm³/mol. The number of rotatable bonds is 4. The van der Waals surface area contributed by atoms with Gasteiger partial charge in [-0.05, 0) is 57.8 Å². The minimum Gasteiger partial charge on any atom is -0.393 e. The van der Waals surface area contributed by atoms with Gasteiger partial charge in [0.1, 0.15) is 0 Å². The maximum absolute atomic E-state index is 12.9. The van der Waals surface area contributed by atoms with Crippen LogP contribution in [-0.4, -0.2) is 72.2 Å². The highest BCUT2D eigenvalue weighted by atomic mass is 16.3. The van der Waals surface area contributed by atoms with Gasteiger partial charge in [0.05, 0.1) is 12.1 Å². The Labute approximate surface area is 151 Å². The number of carbonyl (C=O) groups is 1. The van der Waals surface area contributed by atoms with Crippen molar-refractivity contribution in [3.63, 3.8) is 0 Å². The van der Waals surface area contributed by atoms with Crippen molar-refractivity contribution in [2.24, 2.45) is 5.92 Å². The zero-order valence-electron chi connectivity index (χ0n) is 15.5. The van der Waals surface area contributed by atoms with E-state index >= 15 is 0 Å². The second kappa shape index (κ2) is 8.19. The fraction of sp³-hybridized carbons (Fsp3) is 0.650. The van der Waals surface area contributed by atoms with Gasteiger partial charge in [0.15, 0.2) is 0 Å². The van der Waals surface area contributed by atoms with Crippen molar-refractivity contribution >= 4 is 11.6 Å². The quantitative estimate of drug-likeness (QED) is 0.904. The van der Waals surface area contributed by atoms with E-state index in [9.17, 15) is 9.90 Å². The third-order valence-corrected chi connectivity index (χ3v) is 5.87. The number of hydrogen-bond acceptors (Lipinski definition) is 4. The van der Waals surface area contributed by atoms with Gasteiger partial charge in [-0.2, -0.15) is 0 Å². The summed E-state index contributed by atoms with van der Waals surface area (Å²) in [4.78, 5) is 19.5. The Morgan fingerprint density at radius 2 is 1.60 bits per heavy atom. The van der Waals surface area contributed by atoms with Crippen LogP contribution in [0.1, 0.15) is 26.7 Å². The van der Waals surface area contributed by atoms with E-state index in [-0.39, 0.29) is 18.1 Å². The van der Waals surface area contributed by atoms with E-state index in [1.54, 1.807) is 0 Å². The largest absolute Gasteiger partial charge is 0.393 e. The molecule has 2 saturated heterocycles. The molecule has 0 aromatic heterocycles. The van der Waals surface area contributed by atoms with E-state index < -0.39 is 0 Å².